The summed E-state index contributed by atoms with van der Waals surface area (Å²) in [5.74, 6) is 0. The van der Waals surface area contributed by atoms with E-state index in [1.165, 1.54) is 116 Å². The van der Waals surface area contributed by atoms with E-state index >= 15 is 0 Å². The minimum atomic E-state index is -7.18. The Morgan fingerprint density at radius 3 is 0.833 bits per heavy atom. The minimum absolute atomic E-state index is 0.366. The van der Waals surface area contributed by atoms with Crippen LogP contribution < -0.4 is 0 Å². The van der Waals surface area contributed by atoms with Crippen LogP contribution in [-0.4, -0.2) is 39.2 Å². The molecule has 0 aromatic rings. The third-order valence-corrected chi connectivity index (χ3v) is 8.33. The van der Waals surface area contributed by atoms with Gasteiger partial charge in [0, 0.05) is 0 Å². The van der Waals surface area contributed by atoms with Crippen LogP contribution >= 0.6 is 7.92 Å². The van der Waals surface area contributed by atoms with Crippen LogP contribution in [0.15, 0.2) is 0 Å². The van der Waals surface area contributed by atoms with Crippen LogP contribution in [0.25, 0.3) is 0 Å². The first-order valence-electron chi connectivity index (χ1n) is 12.8. The van der Waals surface area contributed by atoms with Gasteiger partial charge < -0.3 is 0 Å². The molecule has 30 heavy (non-hydrogen) atoms. The van der Waals surface area contributed by atoms with Crippen molar-refractivity contribution in [2.24, 2.45) is 0 Å². The number of rotatable bonds is 21. The van der Waals surface area contributed by atoms with Gasteiger partial charge in [0.2, 0.25) is 0 Å². The number of hydrogen-bond acceptors (Lipinski definition) is 0. The summed E-state index contributed by atoms with van der Waals surface area (Å²) in [5, 5.41) is 0. The normalized spacial score (nSPS) is 11.6. The summed E-state index contributed by atoms with van der Waals surface area (Å²) in [7, 11) is 0.366. The second-order valence-electron chi connectivity index (χ2n) is 8.57. The van der Waals surface area contributed by atoms with Crippen LogP contribution in [0.1, 0.15) is 136 Å². The molecule has 0 heterocycles. The molecule has 0 amide bonds. The fourth-order valence-corrected chi connectivity index (χ4v) is 6.37. The van der Waals surface area contributed by atoms with E-state index in [2.05, 4.69) is 20.8 Å². The molecule has 184 valence electrons. The van der Waals surface area contributed by atoms with Gasteiger partial charge in [-0.05, 0) is 37.7 Å². The van der Waals surface area contributed by atoms with Gasteiger partial charge in [0.1, 0.15) is 0 Å². The SMILES string of the molecule is CCCCCCCCP(CCCCCCCC)CCCCCCCC.[F][Sn]([F])([F])[F]. The van der Waals surface area contributed by atoms with Gasteiger partial charge in [0.05, 0.1) is 0 Å². The van der Waals surface area contributed by atoms with E-state index in [4.69, 9.17) is 0 Å². The first kappa shape index (κ1) is 33.1. The summed E-state index contributed by atoms with van der Waals surface area (Å²) in [4.78, 5) is 0. The molecule has 0 radical (unpaired) electrons. The Morgan fingerprint density at radius 1 is 0.400 bits per heavy atom. The molecule has 0 aromatic carbocycles. The summed E-state index contributed by atoms with van der Waals surface area (Å²) in [5.41, 5.74) is 0. The van der Waals surface area contributed by atoms with Crippen LogP contribution in [0.5, 0.6) is 0 Å². The topological polar surface area (TPSA) is 0 Å². The first-order valence-corrected chi connectivity index (χ1v) is 19.0. The van der Waals surface area contributed by atoms with E-state index in [9.17, 15) is 11.5 Å². The third kappa shape index (κ3) is 36.3. The maximum absolute atomic E-state index is 9.90. The Bertz CT molecular complexity index is 270. The van der Waals surface area contributed by atoms with Crippen molar-refractivity contribution >= 4 is 28.6 Å². The van der Waals surface area contributed by atoms with Gasteiger partial charge >= 0.3 is 32.1 Å². The summed E-state index contributed by atoms with van der Waals surface area (Å²) in [6.07, 6.45) is 31.2. The summed E-state index contributed by atoms with van der Waals surface area (Å²) >= 11 is -7.18. The van der Waals surface area contributed by atoms with Gasteiger partial charge in [-0.3, -0.25) is 0 Å². The number of unbranched alkanes of at least 4 members (excludes halogenated alkanes) is 15. The molecule has 0 rings (SSSR count). The van der Waals surface area contributed by atoms with Crippen LogP contribution in [0.3, 0.4) is 0 Å². The zero-order valence-corrected chi connectivity index (χ0v) is 24.1. The van der Waals surface area contributed by atoms with Crippen molar-refractivity contribution in [3.8, 4) is 0 Å². The second kappa shape index (κ2) is 26.2. The molecule has 0 aliphatic rings. The first-order chi connectivity index (χ1) is 14.3. The molecule has 0 aliphatic carbocycles. The van der Waals surface area contributed by atoms with Crippen molar-refractivity contribution in [2.75, 3.05) is 18.5 Å². The van der Waals surface area contributed by atoms with Gasteiger partial charge in [-0.25, -0.2) is 0 Å². The standard InChI is InChI=1S/C24H51P.4FH.Sn/c1-4-7-10-13-16-19-22-25(23-20-17-14-11-8-5-2)24-21-18-15-12-9-6-3;;;;;/h4-24H2,1-3H3;4*1H;/q;;;;;+4/p-4. The second-order valence-corrected chi connectivity index (χ2v) is 13.7. The third-order valence-electron chi connectivity index (χ3n) is 5.48. The van der Waals surface area contributed by atoms with Crippen molar-refractivity contribution in [1.82, 2.24) is 0 Å². The summed E-state index contributed by atoms with van der Waals surface area (Å²) in [6, 6.07) is 0. The van der Waals surface area contributed by atoms with E-state index < -0.39 is 20.7 Å². The van der Waals surface area contributed by atoms with Gasteiger partial charge in [-0.1, -0.05) is 117 Å². The molecule has 0 saturated carbocycles. The zero-order valence-electron chi connectivity index (χ0n) is 20.3. The van der Waals surface area contributed by atoms with Gasteiger partial charge in [0.25, 0.3) is 0 Å². The fourth-order valence-electron chi connectivity index (χ4n) is 3.68. The van der Waals surface area contributed by atoms with Crippen LogP contribution in [-0.2, 0) is 0 Å². The van der Waals surface area contributed by atoms with Crippen molar-refractivity contribution in [2.45, 2.75) is 136 Å². The predicted molar refractivity (Wildman–Crippen MR) is 132 cm³/mol. The average molecular weight is 565 g/mol. The molecule has 0 aromatic heterocycles. The summed E-state index contributed by atoms with van der Waals surface area (Å²) in [6.45, 7) is 6.96. The Labute approximate surface area is 194 Å². The van der Waals surface area contributed by atoms with E-state index in [0.29, 0.717) is 7.92 Å². The Morgan fingerprint density at radius 2 is 0.600 bits per heavy atom. The molecule has 0 atom stereocenters. The molecule has 0 aliphatic heterocycles. The van der Waals surface area contributed by atoms with Crippen molar-refractivity contribution < 1.29 is 11.5 Å². The molecule has 0 bridgehead atoms. The molecule has 0 N–H and O–H groups in total. The Kier molecular flexibility index (Phi) is 28.9. The Balaban J connectivity index is 0. The molecule has 6 heteroatoms. The molecular formula is C24H51F4PSn. The molecule has 0 saturated heterocycles. The summed E-state index contributed by atoms with van der Waals surface area (Å²) < 4.78 is 39.6. The molecular weight excluding hydrogens is 514 g/mol. The van der Waals surface area contributed by atoms with E-state index in [0.717, 1.165) is 0 Å². The van der Waals surface area contributed by atoms with Gasteiger partial charge in [0.15, 0.2) is 0 Å². The molecule has 0 spiro atoms. The zero-order chi connectivity index (χ0) is 22.9. The monoisotopic (exact) mass is 566 g/mol. The van der Waals surface area contributed by atoms with Crippen LogP contribution in [0.2, 0.25) is 0 Å². The quantitative estimate of drug-likeness (QED) is 0.0562. The number of hydrogen-bond donors (Lipinski definition) is 0. The van der Waals surface area contributed by atoms with Gasteiger partial charge in [-0.15, -0.1) is 7.92 Å². The van der Waals surface area contributed by atoms with Crippen LogP contribution in [0, 0.1) is 0 Å². The van der Waals surface area contributed by atoms with E-state index in [1.54, 1.807) is 18.5 Å². The predicted octanol–water partition coefficient (Wildman–Crippen LogP) is 10.8. The Hall–Kier alpha value is 0.949. The van der Waals surface area contributed by atoms with Crippen molar-refractivity contribution in [1.29, 1.82) is 0 Å². The van der Waals surface area contributed by atoms with E-state index in [1.807, 2.05) is 0 Å². The molecule has 0 nitrogen and oxygen atoms in total. The van der Waals surface area contributed by atoms with Gasteiger partial charge in [-0.2, -0.15) is 0 Å². The van der Waals surface area contributed by atoms with Crippen molar-refractivity contribution in [3.63, 3.8) is 0 Å². The average Bonchev–Trinajstić information content (AvgIpc) is 2.68. The van der Waals surface area contributed by atoms with E-state index in [-0.39, 0.29) is 0 Å². The fraction of sp³-hybridized carbons (Fsp3) is 1.00. The molecule has 0 fully saturated rings. The van der Waals surface area contributed by atoms with Crippen molar-refractivity contribution in [3.05, 3.63) is 0 Å². The maximum atomic E-state index is 9.90. The van der Waals surface area contributed by atoms with Crippen LogP contribution in [0.4, 0.5) is 11.5 Å². The molecule has 0 unspecified atom stereocenters. The number of halogens is 4.